The minimum absolute atomic E-state index is 0.802. The van der Waals surface area contributed by atoms with E-state index < -0.39 is 0 Å². The van der Waals surface area contributed by atoms with E-state index in [4.69, 9.17) is 0 Å². The normalized spacial score (nSPS) is 15.8. The zero-order valence-corrected chi connectivity index (χ0v) is 12.5. The van der Waals surface area contributed by atoms with Crippen LogP contribution < -0.4 is 10.6 Å². The summed E-state index contributed by atoms with van der Waals surface area (Å²) >= 11 is 0. The molecule has 0 unspecified atom stereocenters. The predicted molar refractivity (Wildman–Crippen MR) is 89.8 cm³/mol. The molecule has 110 valence electrons. The smallest absolute Gasteiger partial charge is 0.0376 e. The molecule has 0 aromatic heterocycles. The van der Waals surface area contributed by atoms with Crippen molar-refractivity contribution in [1.82, 2.24) is 5.32 Å². The van der Waals surface area contributed by atoms with E-state index in [1.54, 1.807) is 0 Å². The van der Waals surface area contributed by atoms with Gasteiger partial charge in [-0.05, 0) is 55.5 Å². The van der Waals surface area contributed by atoms with Gasteiger partial charge in [-0.2, -0.15) is 0 Å². The van der Waals surface area contributed by atoms with Gasteiger partial charge in [-0.15, -0.1) is 0 Å². The standard InChI is InChI=1S/C19H24N2/c1-2-6-16(7-3-1)14-18-8-4-5-9-19(18)21-15-17-10-12-20-13-11-17/h1-9,17,20-21H,10-15H2. The highest BCUT2D eigenvalue weighted by molar-refractivity contribution is 5.52. The number of anilines is 1. The maximum Gasteiger partial charge on any atom is 0.0376 e. The van der Waals surface area contributed by atoms with Gasteiger partial charge in [0.15, 0.2) is 0 Å². The van der Waals surface area contributed by atoms with Crippen molar-refractivity contribution < 1.29 is 0 Å². The number of nitrogens with one attached hydrogen (secondary N) is 2. The molecule has 2 aromatic rings. The molecule has 1 aliphatic heterocycles. The zero-order valence-electron chi connectivity index (χ0n) is 12.5. The molecule has 2 N–H and O–H groups in total. The SMILES string of the molecule is c1ccc(Cc2ccccc2NCC2CCNCC2)cc1. The molecule has 2 heteroatoms. The van der Waals surface area contributed by atoms with Crippen LogP contribution in [0.3, 0.4) is 0 Å². The average Bonchev–Trinajstić information content (AvgIpc) is 2.56. The molecule has 0 spiro atoms. The van der Waals surface area contributed by atoms with Crippen LogP contribution in [-0.4, -0.2) is 19.6 Å². The van der Waals surface area contributed by atoms with Gasteiger partial charge in [0, 0.05) is 12.2 Å². The van der Waals surface area contributed by atoms with Crippen molar-refractivity contribution in [2.45, 2.75) is 19.3 Å². The van der Waals surface area contributed by atoms with E-state index >= 15 is 0 Å². The summed E-state index contributed by atoms with van der Waals surface area (Å²) in [6.45, 7) is 3.42. The zero-order chi connectivity index (χ0) is 14.3. The van der Waals surface area contributed by atoms with Crippen molar-refractivity contribution >= 4 is 5.69 Å². The van der Waals surface area contributed by atoms with E-state index in [9.17, 15) is 0 Å². The highest BCUT2D eigenvalue weighted by Crippen LogP contribution is 2.20. The van der Waals surface area contributed by atoms with Crippen LogP contribution in [0.25, 0.3) is 0 Å². The van der Waals surface area contributed by atoms with Crippen LogP contribution in [-0.2, 0) is 6.42 Å². The van der Waals surface area contributed by atoms with Gasteiger partial charge in [-0.25, -0.2) is 0 Å². The third kappa shape index (κ3) is 4.08. The van der Waals surface area contributed by atoms with E-state index in [-0.39, 0.29) is 0 Å². The van der Waals surface area contributed by atoms with Crippen molar-refractivity contribution in [2.75, 3.05) is 25.0 Å². The number of rotatable bonds is 5. The molecule has 1 aliphatic rings. The van der Waals surface area contributed by atoms with Crippen LogP contribution in [0.5, 0.6) is 0 Å². The largest absolute Gasteiger partial charge is 0.385 e. The van der Waals surface area contributed by atoms with Crippen molar-refractivity contribution in [1.29, 1.82) is 0 Å². The second-order valence-corrected chi connectivity index (χ2v) is 5.89. The number of benzene rings is 2. The Bertz CT molecular complexity index is 545. The summed E-state index contributed by atoms with van der Waals surface area (Å²) in [5, 5.41) is 7.10. The first kappa shape index (κ1) is 14.2. The fourth-order valence-corrected chi connectivity index (χ4v) is 3.00. The second-order valence-electron chi connectivity index (χ2n) is 5.89. The Morgan fingerprint density at radius 3 is 2.43 bits per heavy atom. The molecule has 0 atom stereocenters. The van der Waals surface area contributed by atoms with Crippen molar-refractivity contribution in [3.05, 3.63) is 65.7 Å². The minimum Gasteiger partial charge on any atom is -0.385 e. The Balaban J connectivity index is 1.64. The molecule has 2 nitrogen and oxygen atoms in total. The van der Waals surface area contributed by atoms with Gasteiger partial charge in [0.2, 0.25) is 0 Å². The first-order chi connectivity index (χ1) is 10.4. The van der Waals surface area contributed by atoms with Gasteiger partial charge < -0.3 is 10.6 Å². The van der Waals surface area contributed by atoms with Crippen LogP contribution in [0.2, 0.25) is 0 Å². The third-order valence-corrected chi connectivity index (χ3v) is 4.29. The second kappa shape index (κ2) is 7.28. The molecule has 0 saturated carbocycles. The molecule has 0 radical (unpaired) electrons. The fourth-order valence-electron chi connectivity index (χ4n) is 3.00. The summed E-state index contributed by atoms with van der Waals surface area (Å²) in [5.41, 5.74) is 4.05. The fraction of sp³-hybridized carbons (Fsp3) is 0.368. The summed E-state index contributed by atoms with van der Waals surface area (Å²) in [6.07, 6.45) is 3.57. The van der Waals surface area contributed by atoms with Gasteiger partial charge >= 0.3 is 0 Å². The summed E-state index contributed by atoms with van der Waals surface area (Å²) in [5.74, 6) is 0.802. The Kier molecular flexibility index (Phi) is 4.90. The van der Waals surface area contributed by atoms with Gasteiger partial charge in [0.25, 0.3) is 0 Å². The van der Waals surface area contributed by atoms with Crippen LogP contribution in [0.4, 0.5) is 5.69 Å². The average molecular weight is 280 g/mol. The highest BCUT2D eigenvalue weighted by Gasteiger charge is 2.13. The Morgan fingerprint density at radius 1 is 0.905 bits per heavy atom. The Labute approximate surface area is 127 Å². The first-order valence-corrected chi connectivity index (χ1v) is 7.98. The number of hydrogen-bond acceptors (Lipinski definition) is 2. The summed E-state index contributed by atoms with van der Waals surface area (Å²) in [4.78, 5) is 0. The minimum atomic E-state index is 0.802. The van der Waals surface area contributed by atoms with Crippen molar-refractivity contribution in [3.8, 4) is 0 Å². The quantitative estimate of drug-likeness (QED) is 0.873. The van der Waals surface area contributed by atoms with Crippen LogP contribution >= 0.6 is 0 Å². The first-order valence-electron chi connectivity index (χ1n) is 7.98. The van der Waals surface area contributed by atoms with Gasteiger partial charge in [0.1, 0.15) is 0 Å². The highest BCUT2D eigenvalue weighted by atomic mass is 14.9. The topological polar surface area (TPSA) is 24.1 Å². The number of para-hydroxylation sites is 1. The van der Waals surface area contributed by atoms with Gasteiger partial charge in [-0.1, -0.05) is 48.5 Å². The van der Waals surface area contributed by atoms with E-state index in [1.807, 2.05) is 0 Å². The maximum atomic E-state index is 3.68. The van der Waals surface area contributed by atoms with Gasteiger partial charge in [0.05, 0.1) is 0 Å². The monoisotopic (exact) mass is 280 g/mol. The number of piperidine rings is 1. The molecule has 3 rings (SSSR count). The van der Waals surface area contributed by atoms with Gasteiger partial charge in [-0.3, -0.25) is 0 Å². The van der Waals surface area contributed by atoms with E-state index in [2.05, 4.69) is 65.2 Å². The van der Waals surface area contributed by atoms with E-state index in [1.165, 1.54) is 29.7 Å². The summed E-state index contributed by atoms with van der Waals surface area (Å²) < 4.78 is 0. The lowest BCUT2D eigenvalue weighted by atomic mass is 9.97. The Morgan fingerprint density at radius 2 is 1.62 bits per heavy atom. The molecule has 21 heavy (non-hydrogen) atoms. The lowest BCUT2D eigenvalue weighted by molar-refractivity contribution is 0.390. The van der Waals surface area contributed by atoms with Crippen molar-refractivity contribution in [3.63, 3.8) is 0 Å². The lowest BCUT2D eigenvalue weighted by Crippen LogP contribution is -2.31. The lowest BCUT2D eigenvalue weighted by Gasteiger charge is -2.24. The Hall–Kier alpha value is -1.80. The number of hydrogen-bond donors (Lipinski definition) is 2. The van der Waals surface area contributed by atoms with E-state index in [0.29, 0.717) is 0 Å². The maximum absolute atomic E-state index is 3.68. The molecule has 1 fully saturated rings. The molecule has 0 bridgehead atoms. The molecular formula is C19H24N2. The van der Waals surface area contributed by atoms with E-state index in [0.717, 1.165) is 32.0 Å². The molecule has 0 aliphatic carbocycles. The van der Waals surface area contributed by atoms with Crippen molar-refractivity contribution in [2.24, 2.45) is 5.92 Å². The van der Waals surface area contributed by atoms with Crippen LogP contribution in [0.15, 0.2) is 54.6 Å². The molecule has 0 amide bonds. The molecular weight excluding hydrogens is 256 g/mol. The molecule has 1 saturated heterocycles. The summed E-state index contributed by atoms with van der Waals surface area (Å²) in [6, 6.07) is 19.4. The van der Waals surface area contributed by atoms with Crippen LogP contribution in [0, 0.1) is 5.92 Å². The molecule has 1 heterocycles. The van der Waals surface area contributed by atoms with Crippen LogP contribution in [0.1, 0.15) is 24.0 Å². The summed E-state index contributed by atoms with van der Waals surface area (Å²) in [7, 11) is 0. The predicted octanol–water partition coefficient (Wildman–Crippen LogP) is 3.69. The third-order valence-electron chi connectivity index (χ3n) is 4.29. The molecule has 2 aromatic carbocycles.